The van der Waals surface area contributed by atoms with Gasteiger partial charge in [0, 0.05) is 11.8 Å². The van der Waals surface area contributed by atoms with Crippen LogP contribution in [0.3, 0.4) is 0 Å². The van der Waals surface area contributed by atoms with Crippen LogP contribution in [0.2, 0.25) is 10.2 Å². The van der Waals surface area contributed by atoms with Gasteiger partial charge in [-0.2, -0.15) is 0 Å². The molecule has 1 aliphatic carbocycles. The summed E-state index contributed by atoms with van der Waals surface area (Å²) in [6, 6.07) is 7.25. The summed E-state index contributed by atoms with van der Waals surface area (Å²) >= 11 is 11.9. The molecular weight excluding hydrogens is 380 g/mol. The average Bonchev–Trinajstić information content (AvgIpc) is 2.68. The number of pyridine rings is 1. The molecule has 0 unspecified atom stereocenters. The molecule has 0 radical (unpaired) electrons. The quantitative estimate of drug-likeness (QED) is 0.331. The van der Waals surface area contributed by atoms with Crippen molar-refractivity contribution in [3.05, 3.63) is 52.0 Å². The van der Waals surface area contributed by atoms with Crippen molar-refractivity contribution in [2.75, 3.05) is 0 Å². The second kappa shape index (κ2) is 9.89. The summed E-state index contributed by atoms with van der Waals surface area (Å²) in [7, 11) is 0. The van der Waals surface area contributed by atoms with E-state index in [0.29, 0.717) is 10.9 Å². The standard InChI is InChI=1S/C23H28Cl2FN/c1-2-3-4-5-6-16-7-9-17(10-8-16)20-12-11-18(14-22(20)26)19-13-21(24)23(25)27-15-19/h11-17H,2-10H2,1H3/t16-,17-. The molecule has 2 aromatic rings. The number of aromatic nitrogens is 1. The lowest BCUT2D eigenvalue weighted by Crippen LogP contribution is -2.14. The monoisotopic (exact) mass is 407 g/mol. The minimum absolute atomic E-state index is 0.120. The first-order valence-corrected chi connectivity index (χ1v) is 10.9. The van der Waals surface area contributed by atoms with Crippen molar-refractivity contribution in [3.8, 4) is 11.1 Å². The lowest BCUT2D eigenvalue weighted by molar-refractivity contribution is 0.298. The summed E-state index contributed by atoms with van der Waals surface area (Å²) in [4.78, 5) is 4.05. The number of nitrogens with zero attached hydrogens (tertiary/aromatic N) is 1. The minimum Gasteiger partial charge on any atom is -0.242 e. The molecule has 0 bridgehead atoms. The van der Waals surface area contributed by atoms with Crippen molar-refractivity contribution in [3.63, 3.8) is 0 Å². The average molecular weight is 408 g/mol. The van der Waals surface area contributed by atoms with Crippen molar-refractivity contribution >= 4 is 23.2 Å². The largest absolute Gasteiger partial charge is 0.242 e. The van der Waals surface area contributed by atoms with E-state index in [2.05, 4.69) is 11.9 Å². The molecular formula is C23H28Cl2FN. The Kier molecular flexibility index (Phi) is 7.55. The van der Waals surface area contributed by atoms with Crippen molar-refractivity contribution in [2.45, 2.75) is 70.6 Å². The SMILES string of the molecule is CCCCCC[C@H]1CC[C@H](c2ccc(-c3cnc(Cl)c(Cl)c3)cc2F)CC1. The Morgan fingerprint density at radius 2 is 1.78 bits per heavy atom. The zero-order valence-corrected chi connectivity index (χ0v) is 17.5. The number of benzene rings is 1. The zero-order valence-electron chi connectivity index (χ0n) is 16.0. The van der Waals surface area contributed by atoms with E-state index < -0.39 is 0 Å². The van der Waals surface area contributed by atoms with E-state index in [1.165, 1.54) is 44.9 Å². The van der Waals surface area contributed by atoms with Gasteiger partial charge in [0.1, 0.15) is 11.0 Å². The molecule has 3 rings (SSSR count). The molecule has 1 heterocycles. The topological polar surface area (TPSA) is 12.9 Å². The number of hydrogen-bond donors (Lipinski definition) is 0. The maximum atomic E-state index is 14.8. The first-order chi connectivity index (χ1) is 13.1. The molecule has 0 spiro atoms. The van der Waals surface area contributed by atoms with Crippen LogP contribution in [0.5, 0.6) is 0 Å². The van der Waals surface area contributed by atoms with Crippen LogP contribution in [0.4, 0.5) is 4.39 Å². The van der Waals surface area contributed by atoms with Crippen LogP contribution in [0.25, 0.3) is 11.1 Å². The molecule has 0 saturated heterocycles. The van der Waals surface area contributed by atoms with Crippen LogP contribution < -0.4 is 0 Å². The van der Waals surface area contributed by atoms with Crippen LogP contribution in [-0.2, 0) is 0 Å². The first-order valence-electron chi connectivity index (χ1n) is 10.2. The van der Waals surface area contributed by atoms with Gasteiger partial charge >= 0.3 is 0 Å². The summed E-state index contributed by atoms with van der Waals surface area (Å²) in [5.41, 5.74) is 2.42. The highest BCUT2D eigenvalue weighted by atomic mass is 35.5. The maximum Gasteiger partial charge on any atom is 0.147 e. The third-order valence-electron chi connectivity index (χ3n) is 5.88. The van der Waals surface area contributed by atoms with E-state index in [-0.39, 0.29) is 11.0 Å². The van der Waals surface area contributed by atoms with Gasteiger partial charge < -0.3 is 0 Å². The molecule has 0 aliphatic heterocycles. The third kappa shape index (κ3) is 5.45. The number of hydrogen-bond acceptors (Lipinski definition) is 1. The first kappa shape index (κ1) is 20.6. The van der Waals surface area contributed by atoms with Gasteiger partial charge in [-0.3, -0.25) is 0 Å². The van der Waals surface area contributed by atoms with E-state index in [1.54, 1.807) is 18.3 Å². The van der Waals surface area contributed by atoms with Crippen molar-refractivity contribution in [2.24, 2.45) is 5.92 Å². The minimum atomic E-state index is -0.120. The maximum absolute atomic E-state index is 14.8. The fourth-order valence-corrected chi connectivity index (χ4v) is 4.51. The second-order valence-electron chi connectivity index (χ2n) is 7.80. The normalized spacial score (nSPS) is 20.0. The molecule has 1 aromatic carbocycles. The Morgan fingerprint density at radius 1 is 1.00 bits per heavy atom. The van der Waals surface area contributed by atoms with Crippen molar-refractivity contribution in [1.29, 1.82) is 0 Å². The molecule has 0 atom stereocenters. The highest BCUT2D eigenvalue weighted by Gasteiger charge is 2.24. The fourth-order valence-electron chi connectivity index (χ4n) is 4.24. The van der Waals surface area contributed by atoms with E-state index in [9.17, 15) is 4.39 Å². The number of unbranched alkanes of at least 4 members (excludes halogenated alkanes) is 3. The van der Waals surface area contributed by atoms with Gasteiger partial charge in [0.15, 0.2) is 0 Å². The molecule has 27 heavy (non-hydrogen) atoms. The van der Waals surface area contributed by atoms with Crippen molar-refractivity contribution in [1.82, 2.24) is 4.98 Å². The van der Waals surface area contributed by atoms with E-state index >= 15 is 0 Å². The molecule has 1 aromatic heterocycles. The molecule has 1 aliphatic rings. The van der Waals surface area contributed by atoms with Crippen LogP contribution in [0.1, 0.15) is 76.2 Å². The number of halogens is 3. The molecule has 1 nitrogen and oxygen atoms in total. The van der Waals surface area contributed by atoms with Crippen LogP contribution in [0, 0.1) is 11.7 Å². The predicted octanol–water partition coefficient (Wildman–Crippen LogP) is 8.44. The Hall–Kier alpha value is -1.12. The smallest absolute Gasteiger partial charge is 0.147 e. The van der Waals surface area contributed by atoms with Crippen LogP contribution in [-0.4, -0.2) is 4.98 Å². The van der Waals surface area contributed by atoms with Crippen molar-refractivity contribution < 1.29 is 4.39 Å². The summed E-state index contributed by atoms with van der Waals surface area (Å²) in [6.07, 6.45) is 13.0. The molecule has 1 fully saturated rings. The molecule has 146 valence electrons. The number of rotatable bonds is 7. The lowest BCUT2D eigenvalue weighted by Gasteiger charge is -2.29. The lowest BCUT2D eigenvalue weighted by atomic mass is 9.76. The van der Waals surface area contributed by atoms with E-state index in [1.807, 2.05) is 12.1 Å². The van der Waals surface area contributed by atoms with E-state index in [0.717, 1.165) is 35.4 Å². The molecule has 0 N–H and O–H groups in total. The van der Waals surface area contributed by atoms with Gasteiger partial charge in [-0.05, 0) is 60.8 Å². The highest BCUT2D eigenvalue weighted by molar-refractivity contribution is 6.41. The van der Waals surface area contributed by atoms with E-state index in [4.69, 9.17) is 23.2 Å². The van der Waals surface area contributed by atoms with Gasteiger partial charge in [0.2, 0.25) is 0 Å². The van der Waals surface area contributed by atoms with Gasteiger partial charge in [-0.25, -0.2) is 9.37 Å². The summed E-state index contributed by atoms with van der Waals surface area (Å²) in [6.45, 7) is 2.25. The van der Waals surface area contributed by atoms with Crippen LogP contribution >= 0.6 is 23.2 Å². The van der Waals surface area contributed by atoms with Gasteiger partial charge in [-0.1, -0.05) is 74.4 Å². The Bertz CT molecular complexity index is 754. The fraction of sp³-hybridized carbons (Fsp3) is 0.522. The van der Waals surface area contributed by atoms with Crippen LogP contribution in [0.15, 0.2) is 30.5 Å². The second-order valence-corrected chi connectivity index (χ2v) is 8.57. The zero-order chi connectivity index (χ0) is 19.2. The molecule has 4 heteroatoms. The summed E-state index contributed by atoms with van der Waals surface area (Å²) < 4.78 is 14.8. The summed E-state index contributed by atoms with van der Waals surface area (Å²) in [5, 5.41) is 0.653. The predicted molar refractivity (Wildman–Crippen MR) is 113 cm³/mol. The Balaban J connectivity index is 1.61. The Labute approximate surface area is 172 Å². The van der Waals surface area contributed by atoms with Gasteiger partial charge in [0.05, 0.1) is 5.02 Å². The molecule has 1 saturated carbocycles. The highest BCUT2D eigenvalue weighted by Crippen LogP contribution is 2.39. The molecule has 0 amide bonds. The van der Waals surface area contributed by atoms with Gasteiger partial charge in [-0.15, -0.1) is 0 Å². The summed E-state index contributed by atoms with van der Waals surface area (Å²) in [5.74, 6) is 1.06. The third-order valence-corrected chi connectivity index (χ3v) is 6.57. The van der Waals surface area contributed by atoms with Gasteiger partial charge in [0.25, 0.3) is 0 Å². The Morgan fingerprint density at radius 3 is 2.44 bits per heavy atom.